The van der Waals surface area contributed by atoms with Crippen molar-refractivity contribution in [2.45, 2.75) is 48.3 Å². The van der Waals surface area contributed by atoms with Crippen molar-refractivity contribution in [2.24, 2.45) is 0 Å². The standard InChI is InChI=1S/C28H32N2O5S2/c1-28(2,3)36-26-19-30(27(31)34-20-21-10-6-4-7-11-21)18-25(26)29-37(32,33)24-16-14-23(15-17-24)35-22-12-8-5-9-13-22/h4-17,25-26,29H,18-20H2,1-3H3/t25-,26-/m0/s1. The Kier molecular flexibility index (Phi) is 8.46. The molecule has 0 unspecified atom stereocenters. The fraction of sp³-hybridized carbons (Fsp3) is 0.321. The summed E-state index contributed by atoms with van der Waals surface area (Å²) in [7, 11) is -3.82. The van der Waals surface area contributed by atoms with Crippen molar-refractivity contribution < 1.29 is 22.7 Å². The molecule has 1 N–H and O–H groups in total. The summed E-state index contributed by atoms with van der Waals surface area (Å²) < 4.78 is 40.5. The van der Waals surface area contributed by atoms with Gasteiger partial charge in [-0.2, -0.15) is 0 Å². The van der Waals surface area contributed by atoms with Crippen LogP contribution < -0.4 is 9.46 Å². The molecule has 0 saturated carbocycles. The highest BCUT2D eigenvalue weighted by molar-refractivity contribution is 8.01. The van der Waals surface area contributed by atoms with Crippen LogP contribution in [0.2, 0.25) is 0 Å². The minimum Gasteiger partial charge on any atom is -0.457 e. The third kappa shape index (κ3) is 7.74. The van der Waals surface area contributed by atoms with Gasteiger partial charge in [-0.15, -0.1) is 11.8 Å². The Bertz CT molecular complexity index is 1280. The number of para-hydroxylation sites is 1. The van der Waals surface area contributed by atoms with Gasteiger partial charge in [0.1, 0.15) is 18.1 Å². The zero-order valence-corrected chi connectivity index (χ0v) is 22.8. The molecule has 0 aromatic heterocycles. The van der Waals surface area contributed by atoms with Crippen molar-refractivity contribution in [2.75, 3.05) is 13.1 Å². The first kappa shape index (κ1) is 27.0. The molecule has 1 saturated heterocycles. The van der Waals surface area contributed by atoms with Crippen LogP contribution in [0, 0.1) is 0 Å². The summed E-state index contributed by atoms with van der Waals surface area (Å²) in [4.78, 5) is 14.5. The van der Waals surface area contributed by atoms with Crippen LogP contribution in [-0.4, -0.2) is 48.5 Å². The van der Waals surface area contributed by atoms with E-state index < -0.39 is 22.2 Å². The van der Waals surface area contributed by atoms with Gasteiger partial charge in [-0.05, 0) is 42.0 Å². The van der Waals surface area contributed by atoms with Crippen molar-refractivity contribution in [3.8, 4) is 11.5 Å². The molecule has 7 nitrogen and oxygen atoms in total. The monoisotopic (exact) mass is 540 g/mol. The molecule has 1 amide bonds. The second-order valence-corrected chi connectivity index (χ2v) is 13.6. The molecule has 4 rings (SSSR count). The molecule has 37 heavy (non-hydrogen) atoms. The summed E-state index contributed by atoms with van der Waals surface area (Å²) in [6.07, 6.45) is -0.451. The molecular formula is C28H32N2O5S2. The third-order valence-corrected chi connectivity index (χ3v) is 8.65. The van der Waals surface area contributed by atoms with Gasteiger partial charge >= 0.3 is 6.09 Å². The average Bonchev–Trinajstić information content (AvgIpc) is 3.24. The number of likely N-dealkylation sites (tertiary alicyclic amines) is 1. The van der Waals surface area contributed by atoms with Crippen LogP contribution >= 0.6 is 11.8 Å². The lowest BCUT2D eigenvalue weighted by atomic mass is 10.2. The predicted molar refractivity (Wildman–Crippen MR) is 146 cm³/mol. The van der Waals surface area contributed by atoms with E-state index in [1.807, 2.05) is 60.7 Å². The van der Waals surface area contributed by atoms with Crippen molar-refractivity contribution >= 4 is 27.9 Å². The van der Waals surface area contributed by atoms with Gasteiger partial charge in [0.05, 0.1) is 10.9 Å². The molecule has 1 aliphatic rings. The second-order valence-electron chi connectivity index (χ2n) is 9.83. The van der Waals surface area contributed by atoms with Crippen LogP contribution in [0.3, 0.4) is 0 Å². The Hall–Kier alpha value is -3.01. The van der Waals surface area contributed by atoms with Gasteiger partial charge in [0.2, 0.25) is 10.0 Å². The number of hydrogen-bond acceptors (Lipinski definition) is 6. The summed E-state index contributed by atoms with van der Waals surface area (Å²) in [6, 6.07) is 24.6. The van der Waals surface area contributed by atoms with Crippen LogP contribution in [0.4, 0.5) is 4.79 Å². The smallest absolute Gasteiger partial charge is 0.410 e. The lowest BCUT2D eigenvalue weighted by Gasteiger charge is -2.26. The van der Waals surface area contributed by atoms with Crippen molar-refractivity contribution in [3.63, 3.8) is 0 Å². The zero-order chi connectivity index (χ0) is 26.5. The molecule has 1 fully saturated rings. The molecule has 1 aliphatic heterocycles. The van der Waals surface area contributed by atoms with E-state index in [9.17, 15) is 13.2 Å². The first-order valence-corrected chi connectivity index (χ1v) is 14.4. The number of amides is 1. The normalized spacial score (nSPS) is 18.0. The predicted octanol–water partition coefficient (Wildman–Crippen LogP) is 5.68. The summed E-state index contributed by atoms with van der Waals surface area (Å²) in [6.45, 7) is 7.02. The van der Waals surface area contributed by atoms with Gasteiger partial charge in [0, 0.05) is 23.1 Å². The highest BCUT2D eigenvalue weighted by Gasteiger charge is 2.40. The van der Waals surface area contributed by atoms with Gasteiger partial charge in [-0.3, -0.25) is 0 Å². The molecule has 3 aromatic rings. The van der Waals surface area contributed by atoms with Crippen molar-refractivity contribution in [1.82, 2.24) is 9.62 Å². The topological polar surface area (TPSA) is 84.9 Å². The average molecular weight is 541 g/mol. The van der Waals surface area contributed by atoms with Crippen LogP contribution in [0.1, 0.15) is 26.3 Å². The molecule has 3 aromatic carbocycles. The van der Waals surface area contributed by atoms with Gasteiger partial charge in [0.15, 0.2) is 0 Å². The number of nitrogens with zero attached hydrogens (tertiary/aromatic N) is 1. The van der Waals surface area contributed by atoms with Crippen LogP contribution in [0.5, 0.6) is 11.5 Å². The van der Waals surface area contributed by atoms with E-state index in [-0.39, 0.29) is 28.0 Å². The van der Waals surface area contributed by atoms with E-state index in [1.165, 1.54) is 12.1 Å². The number of benzene rings is 3. The molecule has 9 heteroatoms. The van der Waals surface area contributed by atoms with Crippen molar-refractivity contribution in [1.29, 1.82) is 0 Å². The Morgan fingerprint density at radius 1 is 0.919 bits per heavy atom. The van der Waals surface area contributed by atoms with E-state index in [0.717, 1.165) is 5.56 Å². The molecule has 0 aliphatic carbocycles. The highest BCUT2D eigenvalue weighted by atomic mass is 32.2. The minimum atomic E-state index is -3.82. The molecule has 196 valence electrons. The maximum absolute atomic E-state index is 13.3. The highest BCUT2D eigenvalue weighted by Crippen LogP contribution is 2.34. The third-order valence-electron chi connectivity index (χ3n) is 5.65. The Morgan fingerprint density at radius 3 is 2.14 bits per heavy atom. The largest absolute Gasteiger partial charge is 0.457 e. The minimum absolute atomic E-state index is 0.116. The Balaban J connectivity index is 1.43. The number of ether oxygens (including phenoxy) is 2. The van der Waals surface area contributed by atoms with Crippen LogP contribution in [0.25, 0.3) is 0 Å². The van der Waals surface area contributed by atoms with Crippen LogP contribution in [-0.2, 0) is 21.4 Å². The fourth-order valence-corrected chi connectivity index (χ4v) is 6.83. The maximum Gasteiger partial charge on any atom is 0.410 e. The van der Waals surface area contributed by atoms with E-state index in [1.54, 1.807) is 28.8 Å². The Labute approximate surface area is 223 Å². The summed E-state index contributed by atoms with van der Waals surface area (Å²) >= 11 is 1.65. The van der Waals surface area contributed by atoms with Gasteiger partial charge in [-0.25, -0.2) is 17.9 Å². The van der Waals surface area contributed by atoms with E-state index >= 15 is 0 Å². The number of thioether (sulfide) groups is 1. The number of sulfonamides is 1. The number of nitrogens with one attached hydrogen (secondary N) is 1. The number of carbonyl (C=O) groups is 1. The summed E-state index contributed by atoms with van der Waals surface area (Å²) in [5.74, 6) is 1.21. The van der Waals surface area contributed by atoms with Gasteiger partial charge in [0.25, 0.3) is 0 Å². The lowest BCUT2D eigenvalue weighted by Crippen LogP contribution is -2.43. The summed E-state index contributed by atoms with van der Waals surface area (Å²) in [5.41, 5.74) is 0.896. The van der Waals surface area contributed by atoms with Crippen LogP contribution in [0.15, 0.2) is 89.8 Å². The molecule has 0 spiro atoms. The Morgan fingerprint density at radius 2 is 1.51 bits per heavy atom. The molecular weight excluding hydrogens is 508 g/mol. The number of carbonyl (C=O) groups excluding carboxylic acids is 1. The fourth-order valence-electron chi connectivity index (χ4n) is 4.00. The number of rotatable bonds is 8. The summed E-state index contributed by atoms with van der Waals surface area (Å²) in [5, 5.41) is -0.125. The second kappa shape index (κ2) is 11.6. The first-order valence-electron chi connectivity index (χ1n) is 12.1. The molecule has 1 heterocycles. The zero-order valence-electron chi connectivity index (χ0n) is 21.2. The molecule has 0 bridgehead atoms. The van der Waals surface area contributed by atoms with Gasteiger partial charge < -0.3 is 14.4 Å². The van der Waals surface area contributed by atoms with E-state index in [0.29, 0.717) is 18.0 Å². The SMILES string of the molecule is CC(C)(C)S[C@H]1CN(C(=O)OCc2ccccc2)C[C@@H]1NS(=O)(=O)c1ccc(Oc2ccccc2)cc1. The van der Waals surface area contributed by atoms with E-state index in [4.69, 9.17) is 9.47 Å². The molecule has 0 radical (unpaired) electrons. The van der Waals surface area contributed by atoms with Gasteiger partial charge in [-0.1, -0.05) is 69.3 Å². The number of hydrogen-bond donors (Lipinski definition) is 1. The van der Waals surface area contributed by atoms with Crippen molar-refractivity contribution in [3.05, 3.63) is 90.5 Å². The molecule has 2 atom stereocenters. The maximum atomic E-state index is 13.3. The quantitative estimate of drug-likeness (QED) is 0.396. The lowest BCUT2D eigenvalue weighted by molar-refractivity contribution is 0.104. The van der Waals surface area contributed by atoms with E-state index in [2.05, 4.69) is 25.5 Å². The first-order chi connectivity index (χ1) is 17.6.